The lowest BCUT2D eigenvalue weighted by Crippen LogP contribution is -2.10. The molecule has 0 aliphatic rings. The Morgan fingerprint density at radius 3 is 1.49 bits per heavy atom. The fourth-order valence-electron chi connectivity index (χ4n) is 8.22. The molecule has 0 bridgehead atoms. The van der Waals surface area contributed by atoms with Crippen LogP contribution in [-0.2, 0) is 0 Å². The average Bonchev–Trinajstić information content (AvgIpc) is 3.91. The van der Waals surface area contributed by atoms with Crippen molar-refractivity contribution in [1.29, 1.82) is 0 Å². The predicted molar refractivity (Wildman–Crippen MR) is 254 cm³/mol. The molecule has 0 unspecified atom stereocenters. The predicted octanol–water partition coefficient (Wildman–Crippen LogP) is 16.5. The highest BCUT2D eigenvalue weighted by Gasteiger charge is 2.18. The van der Waals surface area contributed by atoms with Gasteiger partial charge in [0.2, 0.25) is 0 Å². The van der Waals surface area contributed by atoms with Gasteiger partial charge in [-0.15, -0.1) is 22.7 Å². The van der Waals surface area contributed by atoms with Crippen LogP contribution in [0.5, 0.6) is 0 Å². The number of hydrogen-bond acceptors (Lipinski definition) is 4. The van der Waals surface area contributed by atoms with E-state index in [-0.39, 0.29) is 0 Å². The van der Waals surface area contributed by atoms with Crippen LogP contribution in [0.2, 0.25) is 0 Å². The number of hydrogen-bond donors (Lipinski definition) is 0. The van der Waals surface area contributed by atoms with E-state index >= 15 is 0 Å². The van der Waals surface area contributed by atoms with E-state index in [1.165, 1.54) is 69.4 Å². The number of nitrogens with zero attached hydrogens (tertiary/aromatic N) is 2. The molecular formula is C55H36N2S2. The molecule has 11 aromatic rings. The van der Waals surface area contributed by atoms with Crippen LogP contribution in [0, 0.1) is 0 Å². The first kappa shape index (κ1) is 35.1. The Kier molecular flexibility index (Phi) is 8.92. The van der Waals surface area contributed by atoms with Crippen molar-refractivity contribution in [2.75, 3.05) is 4.90 Å². The minimum absolute atomic E-state index is 1.06. The number of benzene rings is 9. The smallest absolute Gasteiger partial charge is 0.124 e. The van der Waals surface area contributed by atoms with Gasteiger partial charge in [0.1, 0.15) is 5.01 Å². The molecule has 59 heavy (non-hydrogen) atoms. The van der Waals surface area contributed by atoms with Crippen LogP contribution >= 0.6 is 22.7 Å². The van der Waals surface area contributed by atoms with Crippen molar-refractivity contribution in [3.8, 4) is 55.1 Å². The standard InChI is InChI=1S/C55H36N2S2/c1-5-14-37(15-6-1)38-24-28-43(29-25-38)57(45-32-33-46(39-16-7-2-8-17-39)49(34-45)40-18-9-3-10-19-40)44-30-26-41(27-31-44)47-22-13-23-48-50-35-51-53(36-52(50)58-54(47)48)59-55(56-51)42-20-11-4-12-21-42/h1-36H. The van der Waals surface area contributed by atoms with Crippen molar-refractivity contribution >= 4 is 70.1 Å². The molecule has 0 aliphatic heterocycles. The Morgan fingerprint density at radius 1 is 0.322 bits per heavy atom. The molecule has 0 N–H and O–H groups in total. The Hall–Kier alpha value is -7.11. The third kappa shape index (κ3) is 6.59. The fraction of sp³-hybridized carbons (Fsp3) is 0. The van der Waals surface area contributed by atoms with Crippen molar-refractivity contribution in [1.82, 2.24) is 4.98 Å². The van der Waals surface area contributed by atoms with Gasteiger partial charge in [0, 0.05) is 42.8 Å². The molecule has 2 heterocycles. The molecule has 0 fully saturated rings. The van der Waals surface area contributed by atoms with Gasteiger partial charge in [-0.25, -0.2) is 4.98 Å². The fourth-order valence-corrected chi connectivity index (χ4v) is 10.5. The zero-order valence-corrected chi connectivity index (χ0v) is 33.6. The molecule has 0 radical (unpaired) electrons. The number of rotatable bonds is 8. The van der Waals surface area contributed by atoms with E-state index in [2.05, 4.69) is 223 Å². The number of fused-ring (bicyclic) bond motifs is 4. The highest BCUT2D eigenvalue weighted by Crippen LogP contribution is 2.45. The molecule has 0 aliphatic carbocycles. The molecule has 278 valence electrons. The van der Waals surface area contributed by atoms with Gasteiger partial charge in [-0.1, -0.05) is 170 Å². The van der Waals surface area contributed by atoms with Crippen molar-refractivity contribution in [3.63, 3.8) is 0 Å². The average molecular weight is 789 g/mol. The maximum atomic E-state index is 5.06. The summed E-state index contributed by atoms with van der Waals surface area (Å²) in [5.41, 5.74) is 15.1. The maximum Gasteiger partial charge on any atom is 0.124 e. The molecule has 9 aromatic carbocycles. The van der Waals surface area contributed by atoms with Gasteiger partial charge in [-0.2, -0.15) is 0 Å². The van der Waals surface area contributed by atoms with E-state index in [1.807, 2.05) is 11.3 Å². The summed E-state index contributed by atoms with van der Waals surface area (Å²) in [7, 11) is 0. The Morgan fingerprint density at radius 2 is 0.847 bits per heavy atom. The Labute approximate surface area is 351 Å². The lowest BCUT2D eigenvalue weighted by Gasteiger charge is -2.27. The van der Waals surface area contributed by atoms with Gasteiger partial charge < -0.3 is 4.90 Å². The summed E-state index contributed by atoms with van der Waals surface area (Å²) < 4.78 is 3.81. The quantitative estimate of drug-likeness (QED) is 0.152. The summed E-state index contributed by atoms with van der Waals surface area (Å²) >= 11 is 3.64. The van der Waals surface area contributed by atoms with Crippen molar-refractivity contribution in [2.24, 2.45) is 0 Å². The van der Waals surface area contributed by atoms with Crippen molar-refractivity contribution < 1.29 is 0 Å². The molecular weight excluding hydrogens is 753 g/mol. The van der Waals surface area contributed by atoms with Crippen molar-refractivity contribution in [2.45, 2.75) is 0 Å². The third-order valence-electron chi connectivity index (χ3n) is 11.1. The van der Waals surface area contributed by atoms with Gasteiger partial charge in [-0.05, 0) is 93.0 Å². The molecule has 11 rings (SSSR count). The summed E-state index contributed by atoms with van der Waals surface area (Å²) in [6, 6.07) is 78.7. The summed E-state index contributed by atoms with van der Waals surface area (Å²) in [5.74, 6) is 0. The summed E-state index contributed by atoms with van der Waals surface area (Å²) in [6.45, 7) is 0. The summed E-state index contributed by atoms with van der Waals surface area (Å²) in [6.07, 6.45) is 0. The van der Waals surface area contributed by atoms with Crippen LogP contribution in [-0.4, -0.2) is 4.98 Å². The molecule has 0 amide bonds. The SMILES string of the molecule is c1ccc(-c2ccc(N(c3ccc(-c4cccc5c4sc4cc6sc(-c7ccccc7)nc6cc45)cc3)c3ccc(-c4ccccc4)c(-c4ccccc4)c3)cc2)cc1. The Bertz CT molecular complexity index is 3230. The lowest BCUT2D eigenvalue weighted by atomic mass is 9.93. The van der Waals surface area contributed by atoms with E-state index in [0.717, 1.165) is 33.1 Å². The largest absolute Gasteiger partial charge is 0.310 e. The van der Waals surface area contributed by atoms with Gasteiger partial charge in [0.15, 0.2) is 0 Å². The van der Waals surface area contributed by atoms with E-state index in [9.17, 15) is 0 Å². The second-order valence-electron chi connectivity index (χ2n) is 14.7. The van der Waals surface area contributed by atoms with Crippen LogP contribution in [0.15, 0.2) is 218 Å². The normalized spacial score (nSPS) is 11.4. The van der Waals surface area contributed by atoms with E-state index in [4.69, 9.17) is 4.98 Å². The summed E-state index contributed by atoms with van der Waals surface area (Å²) in [4.78, 5) is 7.44. The van der Waals surface area contributed by atoms with Crippen LogP contribution < -0.4 is 4.90 Å². The topological polar surface area (TPSA) is 16.1 Å². The second kappa shape index (κ2) is 15.0. The van der Waals surface area contributed by atoms with Crippen molar-refractivity contribution in [3.05, 3.63) is 218 Å². The Balaban J connectivity index is 1.01. The number of anilines is 3. The number of thiazole rings is 1. The third-order valence-corrected chi connectivity index (χ3v) is 13.4. The van der Waals surface area contributed by atoms with Crippen LogP contribution in [0.1, 0.15) is 0 Å². The molecule has 2 aromatic heterocycles. The molecule has 0 spiro atoms. The molecule has 0 saturated heterocycles. The molecule has 2 nitrogen and oxygen atoms in total. The monoisotopic (exact) mass is 788 g/mol. The number of aromatic nitrogens is 1. The summed E-state index contributed by atoms with van der Waals surface area (Å²) in [5, 5.41) is 3.60. The van der Waals surface area contributed by atoms with Gasteiger partial charge in [0.25, 0.3) is 0 Å². The molecule has 4 heteroatoms. The van der Waals surface area contributed by atoms with Gasteiger partial charge >= 0.3 is 0 Å². The lowest BCUT2D eigenvalue weighted by molar-refractivity contribution is 1.28. The van der Waals surface area contributed by atoms with Crippen LogP contribution in [0.25, 0.3) is 85.5 Å². The highest BCUT2D eigenvalue weighted by molar-refractivity contribution is 7.27. The minimum atomic E-state index is 1.06. The maximum absolute atomic E-state index is 5.06. The first-order valence-corrected chi connectivity index (χ1v) is 21.5. The first-order valence-electron chi connectivity index (χ1n) is 19.9. The van der Waals surface area contributed by atoms with E-state index in [1.54, 1.807) is 11.3 Å². The van der Waals surface area contributed by atoms with Gasteiger partial charge in [-0.3, -0.25) is 0 Å². The molecule has 0 atom stereocenters. The zero-order valence-electron chi connectivity index (χ0n) is 32.0. The van der Waals surface area contributed by atoms with E-state index in [0.29, 0.717) is 0 Å². The van der Waals surface area contributed by atoms with Crippen LogP contribution in [0.4, 0.5) is 17.1 Å². The number of thiophene rings is 1. The zero-order chi connectivity index (χ0) is 39.1. The first-order chi connectivity index (χ1) is 29.2. The van der Waals surface area contributed by atoms with Crippen LogP contribution in [0.3, 0.4) is 0 Å². The molecule has 0 saturated carbocycles. The second-order valence-corrected chi connectivity index (χ2v) is 16.8. The minimum Gasteiger partial charge on any atom is -0.310 e. The highest BCUT2D eigenvalue weighted by atomic mass is 32.1. The van der Waals surface area contributed by atoms with E-state index < -0.39 is 0 Å². The van der Waals surface area contributed by atoms with Gasteiger partial charge in [0.05, 0.1) is 10.2 Å².